The predicted molar refractivity (Wildman–Crippen MR) is 95.7 cm³/mol. The molecule has 1 saturated carbocycles. The number of nitrogens with zero attached hydrogens (tertiary/aromatic N) is 1. The Balaban J connectivity index is 0.00000220. The summed E-state index contributed by atoms with van der Waals surface area (Å²) in [6, 6.07) is 7.60. The molecule has 1 aliphatic rings. The van der Waals surface area contributed by atoms with E-state index in [0.717, 1.165) is 18.4 Å². The minimum absolute atomic E-state index is 0. The highest BCUT2D eigenvalue weighted by Gasteiger charge is 2.13. The molecular weight excluding hydrogens is 379 g/mol. The van der Waals surface area contributed by atoms with Crippen molar-refractivity contribution in [3.63, 3.8) is 0 Å². The van der Waals surface area contributed by atoms with Crippen LogP contribution in [0, 0.1) is 0 Å². The second kappa shape index (κ2) is 8.86. The molecule has 0 bridgehead atoms. The largest absolute Gasteiger partial charge is 0.370 e. The number of amides is 1. The highest BCUT2D eigenvalue weighted by molar-refractivity contribution is 14.0. The van der Waals surface area contributed by atoms with Crippen LogP contribution < -0.4 is 16.8 Å². The molecule has 1 aromatic rings. The van der Waals surface area contributed by atoms with Gasteiger partial charge in [-0.3, -0.25) is 4.79 Å². The van der Waals surface area contributed by atoms with E-state index >= 15 is 0 Å². The maximum absolute atomic E-state index is 11.1. The fraction of sp³-hybridized carbons (Fsp3) is 0.467. The van der Waals surface area contributed by atoms with Gasteiger partial charge in [-0.25, -0.2) is 4.99 Å². The number of aliphatic imine (C=N–C) groups is 1. The standard InChI is InChI=1S/C15H22N4O.HI/c16-14(20)12-6-4-5-11(9-12)10-18-15(17)19-13-7-2-1-3-8-13;/h4-6,9,13H,1-3,7-8,10H2,(H2,16,20)(H3,17,18,19);1H. The van der Waals surface area contributed by atoms with E-state index in [4.69, 9.17) is 11.5 Å². The minimum atomic E-state index is -0.427. The SMILES string of the molecule is I.NC(=O)c1cccc(CN=C(N)NC2CCCCC2)c1. The van der Waals surface area contributed by atoms with Crippen molar-refractivity contribution in [3.05, 3.63) is 35.4 Å². The summed E-state index contributed by atoms with van der Waals surface area (Å²) in [6.07, 6.45) is 6.15. The van der Waals surface area contributed by atoms with Crippen LogP contribution in [0.2, 0.25) is 0 Å². The maximum Gasteiger partial charge on any atom is 0.248 e. The zero-order valence-electron chi connectivity index (χ0n) is 12.0. The Hall–Kier alpha value is -1.31. The first-order valence-corrected chi connectivity index (χ1v) is 7.10. The van der Waals surface area contributed by atoms with Gasteiger partial charge in [0, 0.05) is 11.6 Å². The van der Waals surface area contributed by atoms with Crippen molar-refractivity contribution >= 4 is 35.8 Å². The molecule has 2 rings (SSSR count). The number of carbonyl (C=O) groups excluding carboxylic acids is 1. The first-order valence-electron chi connectivity index (χ1n) is 7.10. The molecule has 0 aliphatic heterocycles. The van der Waals surface area contributed by atoms with Crippen LogP contribution in [-0.2, 0) is 6.54 Å². The van der Waals surface area contributed by atoms with Crippen molar-refractivity contribution < 1.29 is 4.79 Å². The number of nitrogens with one attached hydrogen (secondary N) is 1. The molecule has 5 nitrogen and oxygen atoms in total. The molecule has 5 N–H and O–H groups in total. The van der Waals surface area contributed by atoms with Crippen LogP contribution >= 0.6 is 24.0 Å². The number of guanidine groups is 1. The summed E-state index contributed by atoms with van der Waals surface area (Å²) < 4.78 is 0. The lowest BCUT2D eigenvalue weighted by atomic mass is 9.96. The van der Waals surface area contributed by atoms with E-state index in [1.807, 2.05) is 6.07 Å². The van der Waals surface area contributed by atoms with E-state index in [1.165, 1.54) is 19.3 Å². The van der Waals surface area contributed by atoms with Gasteiger partial charge in [-0.1, -0.05) is 31.4 Å². The lowest BCUT2D eigenvalue weighted by Crippen LogP contribution is -2.41. The van der Waals surface area contributed by atoms with Crippen LogP contribution in [0.5, 0.6) is 0 Å². The van der Waals surface area contributed by atoms with Crippen LogP contribution in [0.25, 0.3) is 0 Å². The molecule has 6 heteroatoms. The van der Waals surface area contributed by atoms with Gasteiger partial charge in [0.1, 0.15) is 0 Å². The number of halogens is 1. The van der Waals surface area contributed by atoms with Crippen molar-refractivity contribution in [2.45, 2.75) is 44.7 Å². The summed E-state index contributed by atoms with van der Waals surface area (Å²) >= 11 is 0. The third-order valence-electron chi connectivity index (χ3n) is 3.60. The van der Waals surface area contributed by atoms with Gasteiger partial charge in [0.2, 0.25) is 5.91 Å². The van der Waals surface area contributed by atoms with Crippen LogP contribution in [-0.4, -0.2) is 17.9 Å². The van der Waals surface area contributed by atoms with Gasteiger partial charge in [-0.05, 0) is 30.5 Å². The molecule has 1 aliphatic carbocycles. The van der Waals surface area contributed by atoms with Gasteiger partial charge in [0.05, 0.1) is 6.54 Å². The molecule has 0 heterocycles. The molecule has 0 saturated heterocycles. The summed E-state index contributed by atoms with van der Waals surface area (Å²) in [5, 5.41) is 3.26. The van der Waals surface area contributed by atoms with Gasteiger partial charge in [-0.2, -0.15) is 0 Å². The topological polar surface area (TPSA) is 93.5 Å². The van der Waals surface area contributed by atoms with E-state index < -0.39 is 5.91 Å². The molecule has 0 unspecified atom stereocenters. The highest BCUT2D eigenvalue weighted by atomic mass is 127. The second-order valence-corrected chi connectivity index (χ2v) is 5.25. The number of nitrogens with two attached hydrogens (primary N) is 2. The summed E-state index contributed by atoms with van der Waals surface area (Å²) in [5.41, 5.74) is 12.6. The number of hydrogen-bond acceptors (Lipinski definition) is 2. The second-order valence-electron chi connectivity index (χ2n) is 5.25. The van der Waals surface area contributed by atoms with Crippen molar-refractivity contribution in [2.75, 3.05) is 0 Å². The Bertz CT molecular complexity index is 498. The monoisotopic (exact) mass is 402 g/mol. The number of primary amides is 1. The first kappa shape index (κ1) is 17.7. The zero-order valence-corrected chi connectivity index (χ0v) is 14.4. The summed E-state index contributed by atoms with van der Waals surface area (Å²) in [6.45, 7) is 0.451. The van der Waals surface area contributed by atoms with Crippen LogP contribution in [0.3, 0.4) is 0 Å². The Morgan fingerprint density at radius 1 is 1.24 bits per heavy atom. The molecule has 1 fully saturated rings. The van der Waals surface area contributed by atoms with Crippen molar-refractivity contribution in [2.24, 2.45) is 16.5 Å². The third-order valence-corrected chi connectivity index (χ3v) is 3.60. The first-order chi connectivity index (χ1) is 9.65. The fourth-order valence-corrected chi connectivity index (χ4v) is 2.50. The molecule has 1 amide bonds. The summed E-state index contributed by atoms with van der Waals surface area (Å²) in [4.78, 5) is 15.4. The van der Waals surface area contributed by atoms with Gasteiger partial charge < -0.3 is 16.8 Å². The Labute approximate surface area is 142 Å². The number of hydrogen-bond donors (Lipinski definition) is 3. The normalized spacial score (nSPS) is 16.1. The van der Waals surface area contributed by atoms with Crippen LogP contribution in [0.15, 0.2) is 29.3 Å². The Kier molecular flexibility index (Phi) is 7.49. The Morgan fingerprint density at radius 3 is 2.62 bits per heavy atom. The van der Waals surface area contributed by atoms with E-state index in [1.54, 1.807) is 18.2 Å². The maximum atomic E-state index is 11.1. The molecule has 21 heavy (non-hydrogen) atoms. The number of carbonyl (C=O) groups is 1. The average Bonchev–Trinajstić information content (AvgIpc) is 2.46. The predicted octanol–water partition coefficient (Wildman–Crippen LogP) is 2.14. The molecular formula is C15H23IN4O. The van der Waals surface area contributed by atoms with Crippen molar-refractivity contribution in [3.8, 4) is 0 Å². The molecule has 0 atom stereocenters. The van der Waals surface area contributed by atoms with Crippen LogP contribution in [0.4, 0.5) is 0 Å². The van der Waals surface area contributed by atoms with E-state index in [-0.39, 0.29) is 24.0 Å². The van der Waals surface area contributed by atoms with Gasteiger partial charge in [0.15, 0.2) is 5.96 Å². The van der Waals surface area contributed by atoms with Gasteiger partial charge >= 0.3 is 0 Å². The fourth-order valence-electron chi connectivity index (χ4n) is 2.50. The van der Waals surface area contributed by atoms with Gasteiger partial charge in [-0.15, -0.1) is 24.0 Å². The highest BCUT2D eigenvalue weighted by Crippen LogP contribution is 2.17. The zero-order chi connectivity index (χ0) is 14.4. The third kappa shape index (κ3) is 5.91. The summed E-state index contributed by atoms with van der Waals surface area (Å²) in [7, 11) is 0. The smallest absolute Gasteiger partial charge is 0.248 e. The molecule has 116 valence electrons. The number of rotatable bonds is 4. The van der Waals surface area contributed by atoms with Crippen LogP contribution in [0.1, 0.15) is 48.0 Å². The molecule has 0 aromatic heterocycles. The molecule has 1 aromatic carbocycles. The van der Waals surface area contributed by atoms with E-state index in [2.05, 4.69) is 10.3 Å². The van der Waals surface area contributed by atoms with E-state index in [9.17, 15) is 4.79 Å². The van der Waals surface area contributed by atoms with Crippen molar-refractivity contribution in [1.29, 1.82) is 0 Å². The quantitative estimate of drug-likeness (QED) is 0.409. The lowest BCUT2D eigenvalue weighted by molar-refractivity contribution is 0.1000. The van der Waals surface area contributed by atoms with Crippen molar-refractivity contribution in [1.82, 2.24) is 5.32 Å². The van der Waals surface area contributed by atoms with Gasteiger partial charge in [0.25, 0.3) is 0 Å². The number of benzene rings is 1. The van der Waals surface area contributed by atoms with E-state index in [0.29, 0.717) is 24.1 Å². The molecule has 0 spiro atoms. The minimum Gasteiger partial charge on any atom is -0.370 e. The summed E-state index contributed by atoms with van der Waals surface area (Å²) in [5.74, 6) is 0.0468. The lowest BCUT2D eigenvalue weighted by Gasteiger charge is -2.23. The molecule has 0 radical (unpaired) electrons. The average molecular weight is 402 g/mol. The Morgan fingerprint density at radius 2 is 1.95 bits per heavy atom.